The van der Waals surface area contributed by atoms with Crippen molar-refractivity contribution in [3.05, 3.63) is 68.3 Å². The molecule has 0 spiro atoms. The van der Waals surface area contributed by atoms with Crippen LogP contribution < -0.4 is 22.8 Å². The molecule has 12 heteroatoms. The first kappa shape index (κ1) is 21.2. The van der Waals surface area contributed by atoms with E-state index in [1.807, 2.05) is 6.92 Å². The average molecular weight is 423 g/mol. The number of aromatic amines is 2. The maximum Gasteiger partial charge on any atom is 0.416 e. The van der Waals surface area contributed by atoms with Crippen molar-refractivity contribution in [2.45, 2.75) is 32.6 Å². The Labute approximate surface area is 167 Å². The Morgan fingerprint density at radius 1 is 1.30 bits per heavy atom. The van der Waals surface area contributed by atoms with Gasteiger partial charge in [-0.15, -0.1) is 0 Å². The zero-order valence-corrected chi connectivity index (χ0v) is 16.0. The van der Waals surface area contributed by atoms with Gasteiger partial charge in [0.15, 0.2) is 11.5 Å². The van der Waals surface area contributed by atoms with Crippen molar-refractivity contribution in [1.82, 2.24) is 24.5 Å². The fraction of sp³-hybridized carbons (Fsp3) is 0.278. The number of imidazole rings is 1. The van der Waals surface area contributed by atoms with E-state index in [2.05, 4.69) is 15.0 Å². The fourth-order valence-corrected chi connectivity index (χ4v) is 2.92. The number of nitrogens with zero attached hydrogens (tertiary/aromatic N) is 3. The first-order valence-electron chi connectivity index (χ1n) is 8.98. The summed E-state index contributed by atoms with van der Waals surface area (Å²) in [5.74, 6) is 5.93. The molecule has 0 aliphatic heterocycles. The number of fused-ring (bicyclic) bond motifs is 1. The highest BCUT2D eigenvalue weighted by Gasteiger charge is 2.30. The lowest BCUT2D eigenvalue weighted by Gasteiger charge is -2.16. The SMILES string of the molecule is CCCn1c(=O)[nH]c2nc(/C(N)=C/N(N)Cc3cccc(C(F)(F)F)c3)[nH]c2c1=O. The molecule has 30 heavy (non-hydrogen) atoms. The molecule has 0 saturated heterocycles. The molecule has 160 valence electrons. The zero-order valence-electron chi connectivity index (χ0n) is 16.0. The van der Waals surface area contributed by atoms with E-state index < -0.39 is 23.0 Å². The molecule has 6 N–H and O–H groups in total. The molecule has 2 heterocycles. The summed E-state index contributed by atoms with van der Waals surface area (Å²) in [5, 5.41) is 1.09. The van der Waals surface area contributed by atoms with Crippen LogP contribution in [0.5, 0.6) is 0 Å². The Hall–Kier alpha value is -3.54. The van der Waals surface area contributed by atoms with Crippen LogP contribution in [0.1, 0.15) is 30.3 Å². The molecule has 9 nitrogen and oxygen atoms in total. The van der Waals surface area contributed by atoms with Gasteiger partial charge in [-0.3, -0.25) is 14.3 Å². The first-order valence-corrected chi connectivity index (χ1v) is 8.98. The summed E-state index contributed by atoms with van der Waals surface area (Å²) in [5.41, 5.74) is 4.55. The summed E-state index contributed by atoms with van der Waals surface area (Å²) >= 11 is 0. The van der Waals surface area contributed by atoms with Gasteiger partial charge in [-0.05, 0) is 24.1 Å². The molecule has 0 radical (unpaired) electrons. The van der Waals surface area contributed by atoms with E-state index in [0.29, 0.717) is 12.0 Å². The van der Waals surface area contributed by atoms with Crippen molar-refractivity contribution in [3.63, 3.8) is 0 Å². The molecule has 1 aromatic carbocycles. The Bertz CT molecular complexity index is 1210. The van der Waals surface area contributed by atoms with Crippen molar-refractivity contribution in [2.75, 3.05) is 0 Å². The van der Waals surface area contributed by atoms with E-state index >= 15 is 0 Å². The van der Waals surface area contributed by atoms with E-state index in [1.165, 1.54) is 18.3 Å². The third-order valence-electron chi connectivity index (χ3n) is 4.28. The molecule has 3 aromatic rings. The number of halogens is 3. The van der Waals surface area contributed by atoms with Crippen LogP contribution in [0.25, 0.3) is 16.9 Å². The molecule has 0 aliphatic rings. The second kappa shape index (κ2) is 8.06. The van der Waals surface area contributed by atoms with E-state index in [-0.39, 0.29) is 35.8 Å². The second-order valence-electron chi connectivity index (χ2n) is 6.65. The minimum Gasteiger partial charge on any atom is -0.394 e. The summed E-state index contributed by atoms with van der Waals surface area (Å²) in [6.45, 7) is 2.03. The van der Waals surface area contributed by atoms with Crippen LogP contribution in [0, 0.1) is 0 Å². The van der Waals surface area contributed by atoms with E-state index in [1.54, 1.807) is 0 Å². The highest BCUT2D eigenvalue weighted by molar-refractivity contribution is 5.73. The number of nitrogens with one attached hydrogen (secondary N) is 2. The van der Waals surface area contributed by atoms with Crippen LogP contribution in [0.15, 0.2) is 40.1 Å². The zero-order chi connectivity index (χ0) is 22.1. The van der Waals surface area contributed by atoms with Crippen molar-refractivity contribution in [2.24, 2.45) is 11.6 Å². The topological polar surface area (TPSA) is 139 Å². The fourth-order valence-electron chi connectivity index (χ4n) is 2.92. The molecule has 2 aromatic heterocycles. The Morgan fingerprint density at radius 2 is 2.03 bits per heavy atom. The number of nitrogens with two attached hydrogens (primary N) is 2. The average Bonchev–Trinajstić information content (AvgIpc) is 3.09. The van der Waals surface area contributed by atoms with Crippen LogP contribution >= 0.6 is 0 Å². The van der Waals surface area contributed by atoms with Gasteiger partial charge >= 0.3 is 11.9 Å². The number of benzene rings is 1. The van der Waals surface area contributed by atoms with E-state index in [4.69, 9.17) is 11.6 Å². The molecule has 0 aliphatic carbocycles. The maximum atomic E-state index is 12.8. The van der Waals surface area contributed by atoms with Crippen molar-refractivity contribution < 1.29 is 13.2 Å². The summed E-state index contributed by atoms with van der Waals surface area (Å²) in [6, 6.07) is 4.75. The predicted octanol–water partition coefficient (Wildman–Crippen LogP) is 1.47. The van der Waals surface area contributed by atoms with Gasteiger partial charge < -0.3 is 15.7 Å². The van der Waals surface area contributed by atoms with Gasteiger partial charge in [0.05, 0.1) is 17.8 Å². The van der Waals surface area contributed by atoms with Gasteiger partial charge in [0.1, 0.15) is 5.52 Å². The number of hydrogen-bond acceptors (Lipinski definition) is 6. The van der Waals surface area contributed by atoms with Crippen molar-refractivity contribution in [3.8, 4) is 0 Å². The normalized spacial score (nSPS) is 12.5. The second-order valence-corrected chi connectivity index (χ2v) is 6.65. The monoisotopic (exact) mass is 423 g/mol. The van der Waals surface area contributed by atoms with Crippen LogP contribution in [-0.4, -0.2) is 24.5 Å². The summed E-state index contributed by atoms with van der Waals surface area (Å²) in [4.78, 5) is 33.8. The third kappa shape index (κ3) is 4.38. The van der Waals surface area contributed by atoms with E-state index in [9.17, 15) is 22.8 Å². The molecule has 0 bridgehead atoms. The summed E-state index contributed by atoms with van der Waals surface area (Å²) in [6.07, 6.45) is -2.60. The third-order valence-corrected chi connectivity index (χ3v) is 4.28. The van der Waals surface area contributed by atoms with Crippen molar-refractivity contribution in [1.29, 1.82) is 0 Å². The highest BCUT2D eigenvalue weighted by Crippen LogP contribution is 2.29. The van der Waals surface area contributed by atoms with Crippen molar-refractivity contribution >= 4 is 16.9 Å². The maximum absolute atomic E-state index is 12.8. The standard InChI is InChI=1S/C18H20F3N7O2/c1-2-6-28-16(29)13-15(26-17(28)30)25-14(24-13)12(22)9-27(23)8-10-4-3-5-11(7-10)18(19,20)21/h3-5,7,9H,2,6,8,22-23H2,1H3,(H,24,25)(H,26,30)/b12-9-. The molecule has 3 rings (SSSR count). The van der Waals surface area contributed by atoms with Gasteiger partial charge in [-0.25, -0.2) is 15.6 Å². The molecule has 0 saturated carbocycles. The Kier molecular flexibility index (Phi) is 5.69. The Balaban J connectivity index is 1.86. The van der Waals surface area contributed by atoms with Gasteiger partial charge in [0.2, 0.25) is 0 Å². The highest BCUT2D eigenvalue weighted by atomic mass is 19.4. The number of rotatable bonds is 6. The van der Waals surface area contributed by atoms with Gasteiger partial charge in [0.25, 0.3) is 5.56 Å². The number of hydrogen-bond donors (Lipinski definition) is 4. The number of aromatic nitrogens is 4. The summed E-state index contributed by atoms with van der Waals surface area (Å²) < 4.78 is 39.6. The first-order chi connectivity index (χ1) is 14.1. The van der Waals surface area contributed by atoms with Crippen LogP contribution in [0.2, 0.25) is 0 Å². The lowest BCUT2D eigenvalue weighted by molar-refractivity contribution is -0.137. The number of H-pyrrole nitrogens is 2. The molecular formula is C18H20F3N7O2. The lowest BCUT2D eigenvalue weighted by Crippen LogP contribution is -2.34. The minimum atomic E-state index is -4.46. The Morgan fingerprint density at radius 3 is 2.70 bits per heavy atom. The number of alkyl halides is 3. The van der Waals surface area contributed by atoms with E-state index in [0.717, 1.165) is 21.7 Å². The largest absolute Gasteiger partial charge is 0.416 e. The van der Waals surface area contributed by atoms with Gasteiger partial charge in [0, 0.05) is 12.7 Å². The number of hydrazine groups is 1. The molecule has 0 amide bonds. The molecule has 0 atom stereocenters. The molecule has 0 unspecified atom stereocenters. The van der Waals surface area contributed by atoms with Gasteiger partial charge in [-0.2, -0.15) is 13.2 Å². The van der Waals surface area contributed by atoms with Crippen LogP contribution in [-0.2, 0) is 19.3 Å². The van der Waals surface area contributed by atoms with Crippen LogP contribution in [0.3, 0.4) is 0 Å². The predicted molar refractivity (Wildman–Crippen MR) is 105 cm³/mol. The summed E-state index contributed by atoms with van der Waals surface area (Å²) in [7, 11) is 0. The minimum absolute atomic E-state index is 0.0305. The molecular weight excluding hydrogens is 403 g/mol. The molecule has 0 fully saturated rings. The lowest BCUT2D eigenvalue weighted by atomic mass is 10.1. The smallest absolute Gasteiger partial charge is 0.394 e. The quantitative estimate of drug-likeness (QED) is 0.350. The van der Waals surface area contributed by atoms with Crippen LogP contribution in [0.4, 0.5) is 13.2 Å². The van der Waals surface area contributed by atoms with Gasteiger partial charge in [-0.1, -0.05) is 19.1 Å².